The predicted molar refractivity (Wildman–Crippen MR) is 81.8 cm³/mol. The van der Waals surface area contributed by atoms with Crippen LogP contribution in [-0.2, 0) is 0 Å². The van der Waals surface area contributed by atoms with E-state index in [2.05, 4.69) is 58.5 Å². The summed E-state index contributed by atoms with van der Waals surface area (Å²) in [5.41, 5.74) is 3.63. The number of hydrogen-bond donors (Lipinski definition) is 1. The average molecular weight is 318 g/mol. The normalized spacial score (nSPS) is 17.5. The molecule has 0 amide bonds. The van der Waals surface area contributed by atoms with Gasteiger partial charge in [-0.3, -0.25) is 0 Å². The van der Waals surface area contributed by atoms with Crippen molar-refractivity contribution in [2.24, 2.45) is 0 Å². The summed E-state index contributed by atoms with van der Waals surface area (Å²) in [5, 5.41) is 3.60. The molecule has 3 heteroatoms. The van der Waals surface area contributed by atoms with Gasteiger partial charge in [-0.25, -0.2) is 0 Å². The lowest BCUT2D eigenvalue weighted by Crippen LogP contribution is -2.20. The van der Waals surface area contributed by atoms with Gasteiger partial charge in [-0.1, -0.05) is 40.2 Å². The fourth-order valence-corrected chi connectivity index (χ4v) is 2.75. The lowest BCUT2D eigenvalue weighted by molar-refractivity contribution is 0.274. The van der Waals surface area contributed by atoms with E-state index in [0.717, 1.165) is 28.9 Å². The van der Waals surface area contributed by atoms with E-state index in [-0.39, 0.29) is 0 Å². The van der Waals surface area contributed by atoms with Crippen molar-refractivity contribution >= 4 is 21.6 Å². The topological polar surface area (TPSA) is 21.3 Å². The number of para-hydroxylation sites is 1. The van der Waals surface area contributed by atoms with E-state index >= 15 is 0 Å². The van der Waals surface area contributed by atoms with Gasteiger partial charge in [0.2, 0.25) is 0 Å². The monoisotopic (exact) mass is 317 g/mol. The Morgan fingerprint density at radius 2 is 2.05 bits per heavy atom. The van der Waals surface area contributed by atoms with Gasteiger partial charge in [0, 0.05) is 22.1 Å². The SMILES string of the molecule is Cc1ccc(NC2CCOc3ccccc32)cc1Br. The minimum atomic E-state index is 0.319. The molecule has 1 unspecified atom stereocenters. The molecule has 1 aliphatic heterocycles. The van der Waals surface area contributed by atoms with Gasteiger partial charge in [0.25, 0.3) is 0 Å². The van der Waals surface area contributed by atoms with Crippen LogP contribution in [0, 0.1) is 6.92 Å². The molecule has 1 atom stereocenters. The van der Waals surface area contributed by atoms with Crippen LogP contribution in [-0.4, -0.2) is 6.61 Å². The third-order valence-electron chi connectivity index (χ3n) is 3.47. The molecule has 0 radical (unpaired) electrons. The van der Waals surface area contributed by atoms with E-state index < -0.39 is 0 Å². The van der Waals surface area contributed by atoms with Crippen LogP contribution < -0.4 is 10.1 Å². The van der Waals surface area contributed by atoms with Crippen molar-refractivity contribution in [2.45, 2.75) is 19.4 Å². The highest BCUT2D eigenvalue weighted by Crippen LogP contribution is 2.34. The molecule has 0 aromatic heterocycles. The van der Waals surface area contributed by atoms with Gasteiger partial charge < -0.3 is 10.1 Å². The molecule has 1 N–H and O–H groups in total. The van der Waals surface area contributed by atoms with Crippen molar-refractivity contribution in [1.29, 1.82) is 0 Å². The number of halogens is 1. The van der Waals surface area contributed by atoms with E-state index in [9.17, 15) is 0 Å². The molecule has 2 aromatic carbocycles. The summed E-state index contributed by atoms with van der Waals surface area (Å²) >= 11 is 3.58. The minimum Gasteiger partial charge on any atom is -0.493 e. The number of fused-ring (bicyclic) bond motifs is 1. The third-order valence-corrected chi connectivity index (χ3v) is 4.33. The Morgan fingerprint density at radius 3 is 2.89 bits per heavy atom. The predicted octanol–water partition coefficient (Wildman–Crippen LogP) is 4.69. The lowest BCUT2D eigenvalue weighted by Gasteiger charge is -2.27. The van der Waals surface area contributed by atoms with Crippen LogP contribution in [0.25, 0.3) is 0 Å². The number of aryl methyl sites for hydroxylation is 1. The van der Waals surface area contributed by atoms with Crippen molar-refractivity contribution < 1.29 is 4.74 Å². The van der Waals surface area contributed by atoms with Crippen LogP contribution in [0.15, 0.2) is 46.9 Å². The highest BCUT2D eigenvalue weighted by atomic mass is 79.9. The second kappa shape index (κ2) is 5.25. The Labute approximate surface area is 121 Å². The maximum Gasteiger partial charge on any atom is 0.124 e. The second-order valence-corrected chi connectivity index (χ2v) is 5.69. The lowest BCUT2D eigenvalue weighted by atomic mass is 10.0. The van der Waals surface area contributed by atoms with Crippen LogP contribution in [0.1, 0.15) is 23.6 Å². The Bertz CT molecular complexity index is 597. The molecular weight excluding hydrogens is 302 g/mol. The van der Waals surface area contributed by atoms with Crippen LogP contribution in [0.3, 0.4) is 0 Å². The van der Waals surface area contributed by atoms with E-state index in [1.54, 1.807) is 0 Å². The van der Waals surface area contributed by atoms with Crippen molar-refractivity contribution in [1.82, 2.24) is 0 Å². The molecule has 0 saturated heterocycles. The summed E-state index contributed by atoms with van der Waals surface area (Å²) in [7, 11) is 0. The first-order valence-electron chi connectivity index (χ1n) is 6.48. The second-order valence-electron chi connectivity index (χ2n) is 4.84. The Hall–Kier alpha value is -1.48. The molecule has 0 saturated carbocycles. The van der Waals surface area contributed by atoms with Crippen molar-refractivity contribution in [2.75, 3.05) is 11.9 Å². The highest BCUT2D eigenvalue weighted by Gasteiger charge is 2.20. The highest BCUT2D eigenvalue weighted by molar-refractivity contribution is 9.10. The van der Waals surface area contributed by atoms with Crippen molar-refractivity contribution in [3.8, 4) is 5.75 Å². The fourth-order valence-electron chi connectivity index (χ4n) is 2.38. The van der Waals surface area contributed by atoms with Crippen LogP contribution in [0.5, 0.6) is 5.75 Å². The average Bonchev–Trinajstić information content (AvgIpc) is 2.43. The standard InChI is InChI=1S/C16H16BrNO/c1-11-6-7-12(10-14(11)17)18-15-8-9-19-16-5-3-2-4-13(15)16/h2-7,10,15,18H,8-9H2,1H3. The van der Waals surface area contributed by atoms with Gasteiger partial charge in [0.05, 0.1) is 12.6 Å². The smallest absolute Gasteiger partial charge is 0.124 e. The summed E-state index contributed by atoms with van der Waals surface area (Å²) < 4.78 is 6.82. The summed E-state index contributed by atoms with van der Waals surface area (Å²) in [6.07, 6.45) is 0.989. The van der Waals surface area contributed by atoms with Crippen LogP contribution in [0.2, 0.25) is 0 Å². The molecule has 0 spiro atoms. The molecular formula is C16H16BrNO. The Balaban J connectivity index is 1.86. The maximum atomic E-state index is 5.68. The van der Waals surface area contributed by atoms with Gasteiger partial charge in [-0.05, 0) is 30.7 Å². The first-order valence-corrected chi connectivity index (χ1v) is 7.28. The van der Waals surface area contributed by atoms with Gasteiger partial charge >= 0.3 is 0 Å². The zero-order chi connectivity index (χ0) is 13.2. The Morgan fingerprint density at radius 1 is 1.21 bits per heavy atom. The van der Waals surface area contributed by atoms with Crippen LogP contribution >= 0.6 is 15.9 Å². The molecule has 19 heavy (non-hydrogen) atoms. The first kappa shape index (κ1) is 12.5. The number of anilines is 1. The number of ether oxygens (including phenoxy) is 1. The van der Waals surface area contributed by atoms with E-state index in [0.29, 0.717) is 6.04 Å². The molecule has 0 bridgehead atoms. The molecule has 98 valence electrons. The van der Waals surface area contributed by atoms with Gasteiger partial charge in [-0.2, -0.15) is 0 Å². The summed E-state index contributed by atoms with van der Waals surface area (Å²) in [6, 6.07) is 14.9. The van der Waals surface area contributed by atoms with Crippen LogP contribution in [0.4, 0.5) is 5.69 Å². The van der Waals surface area contributed by atoms with E-state index in [4.69, 9.17) is 4.74 Å². The summed E-state index contributed by atoms with van der Waals surface area (Å²) in [5.74, 6) is 0.998. The number of rotatable bonds is 2. The molecule has 0 aliphatic carbocycles. The molecule has 2 aromatic rings. The fraction of sp³-hybridized carbons (Fsp3) is 0.250. The van der Waals surface area contributed by atoms with E-state index in [1.807, 2.05) is 12.1 Å². The van der Waals surface area contributed by atoms with Crippen molar-refractivity contribution in [3.05, 3.63) is 58.1 Å². The third kappa shape index (κ3) is 2.61. The zero-order valence-corrected chi connectivity index (χ0v) is 12.4. The summed E-state index contributed by atoms with van der Waals surface area (Å²) in [6.45, 7) is 2.86. The zero-order valence-electron chi connectivity index (χ0n) is 10.8. The quantitative estimate of drug-likeness (QED) is 0.867. The van der Waals surface area contributed by atoms with Gasteiger partial charge in [0.1, 0.15) is 5.75 Å². The summed E-state index contributed by atoms with van der Waals surface area (Å²) in [4.78, 5) is 0. The number of benzene rings is 2. The molecule has 3 rings (SSSR count). The number of nitrogens with one attached hydrogen (secondary N) is 1. The maximum absolute atomic E-state index is 5.68. The van der Waals surface area contributed by atoms with Gasteiger partial charge in [-0.15, -0.1) is 0 Å². The van der Waals surface area contributed by atoms with E-state index in [1.165, 1.54) is 11.1 Å². The van der Waals surface area contributed by atoms with Crippen molar-refractivity contribution in [3.63, 3.8) is 0 Å². The minimum absolute atomic E-state index is 0.319. The molecule has 2 nitrogen and oxygen atoms in total. The first-order chi connectivity index (χ1) is 9.24. The van der Waals surface area contributed by atoms with Gasteiger partial charge in [0.15, 0.2) is 0 Å². The number of hydrogen-bond acceptors (Lipinski definition) is 2. The molecule has 1 heterocycles. The molecule has 1 aliphatic rings. The molecule has 0 fully saturated rings. The Kier molecular flexibility index (Phi) is 3.47. The largest absolute Gasteiger partial charge is 0.493 e.